The number of aryl methyl sites for hydroxylation is 1. The molecule has 2 heterocycles. The molecule has 0 saturated carbocycles. The van der Waals surface area contributed by atoms with Gasteiger partial charge >= 0.3 is 0 Å². The molecule has 1 aliphatic carbocycles. The molecule has 0 N–H and O–H groups in total. The quantitative estimate of drug-likeness (QED) is 0.279. The van der Waals surface area contributed by atoms with E-state index in [9.17, 15) is 0 Å². The van der Waals surface area contributed by atoms with E-state index >= 15 is 4.39 Å². The van der Waals surface area contributed by atoms with Crippen molar-refractivity contribution in [3.8, 4) is 17.2 Å². The van der Waals surface area contributed by atoms with Crippen LogP contribution in [0.15, 0.2) is 54.6 Å². The normalized spacial score (nSPS) is 23.6. The number of piperidine rings is 1. The van der Waals surface area contributed by atoms with Crippen molar-refractivity contribution >= 4 is 5.69 Å². The van der Waals surface area contributed by atoms with Crippen molar-refractivity contribution in [2.45, 2.75) is 82.5 Å². The summed E-state index contributed by atoms with van der Waals surface area (Å²) in [6.07, 6.45) is 7.61. The number of benzene rings is 3. The van der Waals surface area contributed by atoms with Crippen molar-refractivity contribution < 1.29 is 18.6 Å². The zero-order valence-corrected chi connectivity index (χ0v) is 24.9. The van der Waals surface area contributed by atoms with Crippen LogP contribution in [-0.4, -0.2) is 50.9 Å². The fraction of sp³-hybridized carbons (Fsp3) is 0.486. The third-order valence-electron chi connectivity index (χ3n) is 9.76. The number of anilines is 1. The summed E-state index contributed by atoms with van der Waals surface area (Å²) < 4.78 is 32.7. The summed E-state index contributed by atoms with van der Waals surface area (Å²) in [7, 11) is 5.65. The second kappa shape index (κ2) is 11.9. The highest BCUT2D eigenvalue weighted by molar-refractivity contribution is 5.60. The van der Waals surface area contributed by atoms with Gasteiger partial charge in [0.05, 0.1) is 14.2 Å². The zero-order valence-electron chi connectivity index (χ0n) is 24.9. The molecule has 0 radical (unpaired) electrons. The molecule has 2 fully saturated rings. The van der Waals surface area contributed by atoms with E-state index in [1.54, 1.807) is 20.3 Å². The molecule has 6 heteroatoms. The highest BCUT2D eigenvalue weighted by atomic mass is 19.1. The van der Waals surface area contributed by atoms with Gasteiger partial charge in [-0.25, -0.2) is 4.39 Å². The maximum absolute atomic E-state index is 15.3. The molecule has 0 amide bonds. The average molecular weight is 559 g/mol. The van der Waals surface area contributed by atoms with E-state index in [4.69, 9.17) is 14.2 Å². The van der Waals surface area contributed by atoms with E-state index in [1.165, 1.54) is 29.5 Å². The van der Waals surface area contributed by atoms with Crippen LogP contribution in [-0.2, 0) is 19.4 Å². The van der Waals surface area contributed by atoms with Gasteiger partial charge in [-0.1, -0.05) is 18.2 Å². The lowest BCUT2D eigenvalue weighted by Crippen LogP contribution is -2.43. The standard InChI is InChI=1S/C35H43FN2O3/c1-5-38(22-23-6-15-35(33(36)16-23)41-31-19-27-10-11-28(20-31)37(27)2)34-21-30(40-4)13-14-32(34)26-8-7-25-18-29(39-3)12-9-24(25)17-26/h6,9,12-16,18,21,26-28,31H,5,7-8,10-11,17,19-20,22H2,1-4H3. The van der Waals surface area contributed by atoms with Crippen molar-refractivity contribution in [3.05, 3.63) is 82.7 Å². The molecule has 3 aromatic rings. The van der Waals surface area contributed by atoms with Crippen LogP contribution in [0.1, 0.15) is 67.2 Å². The Hall–Kier alpha value is -3.25. The molecular formula is C35H43FN2O3. The molecular weight excluding hydrogens is 515 g/mol. The van der Waals surface area contributed by atoms with Gasteiger partial charge in [0.2, 0.25) is 0 Å². The van der Waals surface area contributed by atoms with E-state index in [2.05, 4.69) is 60.2 Å². The number of hydrogen-bond donors (Lipinski definition) is 0. The van der Waals surface area contributed by atoms with E-state index in [1.807, 2.05) is 12.1 Å². The van der Waals surface area contributed by atoms with Crippen molar-refractivity contribution in [3.63, 3.8) is 0 Å². The summed E-state index contributed by atoms with van der Waals surface area (Å²) in [4.78, 5) is 4.82. The second-order valence-corrected chi connectivity index (χ2v) is 12.0. The number of fused-ring (bicyclic) bond motifs is 3. The summed E-state index contributed by atoms with van der Waals surface area (Å²) >= 11 is 0. The largest absolute Gasteiger partial charge is 0.497 e. The first-order valence-corrected chi connectivity index (χ1v) is 15.2. The Morgan fingerprint density at radius 2 is 1.61 bits per heavy atom. The van der Waals surface area contributed by atoms with E-state index in [0.717, 1.165) is 61.4 Å². The number of methoxy groups -OCH3 is 2. The fourth-order valence-corrected chi connectivity index (χ4v) is 7.36. The van der Waals surface area contributed by atoms with Crippen LogP contribution in [0, 0.1) is 5.82 Å². The molecule has 2 aliphatic heterocycles. The first-order chi connectivity index (χ1) is 19.9. The number of nitrogens with zero attached hydrogens (tertiary/aromatic N) is 2. The minimum Gasteiger partial charge on any atom is -0.497 e. The lowest BCUT2D eigenvalue weighted by atomic mass is 9.79. The molecule has 218 valence electrons. The monoisotopic (exact) mass is 558 g/mol. The lowest BCUT2D eigenvalue weighted by Gasteiger charge is -2.36. The lowest BCUT2D eigenvalue weighted by molar-refractivity contribution is 0.0636. The maximum Gasteiger partial charge on any atom is 0.165 e. The Labute approximate surface area is 244 Å². The Bertz CT molecular complexity index is 1360. The van der Waals surface area contributed by atoms with Gasteiger partial charge in [-0.15, -0.1) is 0 Å². The Morgan fingerprint density at radius 3 is 2.32 bits per heavy atom. The molecule has 41 heavy (non-hydrogen) atoms. The summed E-state index contributed by atoms with van der Waals surface area (Å²) in [6, 6.07) is 19.5. The second-order valence-electron chi connectivity index (χ2n) is 12.0. The minimum atomic E-state index is -0.269. The SMILES string of the molecule is CCN(Cc1ccc(OC2CC3CCC(C2)N3C)c(F)c1)c1cc(OC)ccc1C1CCc2cc(OC)ccc2C1. The fourth-order valence-electron chi connectivity index (χ4n) is 7.36. The number of halogens is 1. The molecule has 0 spiro atoms. The van der Waals surface area contributed by atoms with Gasteiger partial charge in [-0.05, 0) is 117 Å². The predicted molar refractivity (Wildman–Crippen MR) is 162 cm³/mol. The molecule has 3 unspecified atom stereocenters. The summed E-state index contributed by atoms with van der Waals surface area (Å²) in [5.41, 5.74) is 6.20. The van der Waals surface area contributed by atoms with Gasteiger partial charge in [0, 0.05) is 36.9 Å². The first-order valence-electron chi connectivity index (χ1n) is 15.2. The number of ether oxygens (including phenoxy) is 3. The molecule has 2 saturated heterocycles. The van der Waals surface area contributed by atoms with Crippen LogP contribution in [0.5, 0.6) is 17.2 Å². The van der Waals surface area contributed by atoms with E-state index in [-0.39, 0.29) is 11.9 Å². The topological polar surface area (TPSA) is 34.2 Å². The highest BCUT2D eigenvalue weighted by Gasteiger charge is 2.39. The van der Waals surface area contributed by atoms with Crippen LogP contribution in [0.3, 0.4) is 0 Å². The Kier molecular flexibility index (Phi) is 8.12. The van der Waals surface area contributed by atoms with Crippen LogP contribution in [0.4, 0.5) is 10.1 Å². The third kappa shape index (κ3) is 5.76. The van der Waals surface area contributed by atoms with E-state index in [0.29, 0.717) is 30.3 Å². The van der Waals surface area contributed by atoms with Gasteiger partial charge in [-0.2, -0.15) is 0 Å². The smallest absolute Gasteiger partial charge is 0.165 e. The Morgan fingerprint density at radius 1 is 0.878 bits per heavy atom. The molecule has 6 rings (SSSR count). The van der Waals surface area contributed by atoms with Gasteiger partial charge in [0.1, 0.15) is 17.6 Å². The first kappa shape index (κ1) is 27.9. The van der Waals surface area contributed by atoms with Crippen LogP contribution >= 0.6 is 0 Å². The van der Waals surface area contributed by atoms with Gasteiger partial charge in [-0.3, -0.25) is 0 Å². The van der Waals surface area contributed by atoms with Crippen molar-refractivity contribution in [1.29, 1.82) is 0 Å². The highest BCUT2D eigenvalue weighted by Crippen LogP contribution is 2.41. The molecule has 3 atom stereocenters. The van der Waals surface area contributed by atoms with Crippen molar-refractivity contribution in [1.82, 2.24) is 4.90 Å². The summed E-state index contributed by atoms with van der Waals surface area (Å²) in [5.74, 6) is 2.28. The summed E-state index contributed by atoms with van der Waals surface area (Å²) in [6.45, 7) is 3.58. The average Bonchev–Trinajstić information content (AvgIpc) is 3.19. The summed E-state index contributed by atoms with van der Waals surface area (Å²) in [5, 5.41) is 0. The van der Waals surface area contributed by atoms with Crippen molar-refractivity contribution in [2.24, 2.45) is 0 Å². The van der Waals surface area contributed by atoms with Crippen LogP contribution < -0.4 is 19.1 Å². The van der Waals surface area contributed by atoms with Crippen LogP contribution in [0.25, 0.3) is 0 Å². The van der Waals surface area contributed by atoms with Crippen LogP contribution in [0.2, 0.25) is 0 Å². The van der Waals surface area contributed by atoms with Gasteiger partial charge in [0.25, 0.3) is 0 Å². The van der Waals surface area contributed by atoms with E-state index < -0.39 is 0 Å². The van der Waals surface area contributed by atoms with Gasteiger partial charge in [0.15, 0.2) is 11.6 Å². The molecule has 5 nitrogen and oxygen atoms in total. The molecule has 0 aromatic heterocycles. The van der Waals surface area contributed by atoms with Gasteiger partial charge < -0.3 is 24.0 Å². The number of rotatable bonds is 9. The predicted octanol–water partition coefficient (Wildman–Crippen LogP) is 7.15. The minimum absolute atomic E-state index is 0.0947. The Balaban J connectivity index is 1.20. The molecule has 3 aromatic carbocycles. The molecule has 2 bridgehead atoms. The zero-order chi connectivity index (χ0) is 28.5. The van der Waals surface area contributed by atoms with Crippen molar-refractivity contribution in [2.75, 3.05) is 32.7 Å². The third-order valence-corrected chi connectivity index (χ3v) is 9.76. The molecule has 3 aliphatic rings. The maximum atomic E-state index is 15.3. The number of hydrogen-bond acceptors (Lipinski definition) is 5.